The maximum Gasteiger partial charge on any atom is 0.0132 e. The van der Waals surface area contributed by atoms with Gasteiger partial charge in [0.1, 0.15) is 0 Å². The van der Waals surface area contributed by atoms with Crippen LogP contribution in [0.15, 0.2) is 12.2 Å². The highest BCUT2D eigenvalue weighted by molar-refractivity contribution is 4.95. The van der Waals surface area contributed by atoms with Crippen LogP contribution in [-0.2, 0) is 0 Å². The summed E-state index contributed by atoms with van der Waals surface area (Å²) in [6.07, 6.45) is 6.83. The highest BCUT2D eigenvalue weighted by Crippen LogP contribution is 2.32. The summed E-state index contributed by atoms with van der Waals surface area (Å²) in [5, 5.41) is 3.64. The molecule has 0 amide bonds. The third-order valence-electron chi connectivity index (χ3n) is 3.58. The standard InChI is InChI=1S/C14H27N/c1-5-15-14(9-11(2)3)13-8-6-7-12(4)10-13/h12-15H,2,5-10H2,1,3-4H3. The van der Waals surface area contributed by atoms with E-state index in [4.69, 9.17) is 0 Å². The number of hydrogen-bond donors (Lipinski definition) is 1. The van der Waals surface area contributed by atoms with Gasteiger partial charge in [0.2, 0.25) is 0 Å². The maximum atomic E-state index is 4.05. The molecule has 15 heavy (non-hydrogen) atoms. The molecule has 1 heteroatoms. The van der Waals surface area contributed by atoms with Crippen LogP contribution in [0, 0.1) is 11.8 Å². The first-order chi connectivity index (χ1) is 7.13. The molecule has 0 bridgehead atoms. The van der Waals surface area contributed by atoms with Crippen LogP contribution in [-0.4, -0.2) is 12.6 Å². The average molecular weight is 209 g/mol. The highest BCUT2D eigenvalue weighted by atomic mass is 14.9. The lowest BCUT2D eigenvalue weighted by Gasteiger charge is -2.34. The highest BCUT2D eigenvalue weighted by Gasteiger charge is 2.25. The third kappa shape index (κ3) is 4.38. The normalized spacial score (nSPS) is 28.7. The van der Waals surface area contributed by atoms with Crippen molar-refractivity contribution < 1.29 is 0 Å². The summed E-state index contributed by atoms with van der Waals surface area (Å²) in [6.45, 7) is 11.9. The molecule has 1 nitrogen and oxygen atoms in total. The van der Waals surface area contributed by atoms with E-state index in [1.54, 1.807) is 0 Å². The van der Waals surface area contributed by atoms with Crippen molar-refractivity contribution in [1.29, 1.82) is 0 Å². The summed E-state index contributed by atoms with van der Waals surface area (Å²) in [5.41, 5.74) is 1.32. The van der Waals surface area contributed by atoms with Gasteiger partial charge in [-0.1, -0.05) is 32.3 Å². The Balaban J connectivity index is 2.49. The Hall–Kier alpha value is -0.300. The fourth-order valence-electron chi connectivity index (χ4n) is 2.89. The van der Waals surface area contributed by atoms with Gasteiger partial charge in [-0.2, -0.15) is 0 Å². The Labute approximate surface area is 95.3 Å². The summed E-state index contributed by atoms with van der Waals surface area (Å²) in [6, 6.07) is 0.676. The van der Waals surface area contributed by atoms with Crippen LogP contribution in [0.5, 0.6) is 0 Å². The van der Waals surface area contributed by atoms with Crippen molar-refractivity contribution >= 4 is 0 Å². The summed E-state index contributed by atoms with van der Waals surface area (Å²) < 4.78 is 0. The molecular formula is C14H27N. The minimum atomic E-state index is 0.676. The van der Waals surface area contributed by atoms with E-state index in [0.29, 0.717) is 6.04 Å². The molecule has 1 saturated carbocycles. The molecule has 3 atom stereocenters. The summed E-state index contributed by atoms with van der Waals surface area (Å²) in [5.74, 6) is 1.81. The zero-order chi connectivity index (χ0) is 11.3. The van der Waals surface area contributed by atoms with Crippen molar-refractivity contribution in [3.8, 4) is 0 Å². The van der Waals surface area contributed by atoms with Crippen LogP contribution < -0.4 is 5.32 Å². The molecule has 0 aromatic rings. The lowest BCUT2D eigenvalue weighted by molar-refractivity contribution is 0.222. The zero-order valence-electron chi connectivity index (χ0n) is 10.7. The van der Waals surface area contributed by atoms with Crippen LogP contribution >= 0.6 is 0 Å². The van der Waals surface area contributed by atoms with Gasteiger partial charge >= 0.3 is 0 Å². The molecule has 1 fully saturated rings. The quantitative estimate of drug-likeness (QED) is 0.680. The SMILES string of the molecule is C=C(C)CC(NCC)C1CCCC(C)C1. The molecule has 0 aromatic carbocycles. The van der Waals surface area contributed by atoms with Gasteiger partial charge in [0.25, 0.3) is 0 Å². The van der Waals surface area contributed by atoms with Gasteiger partial charge in [0, 0.05) is 6.04 Å². The van der Waals surface area contributed by atoms with Crippen molar-refractivity contribution in [2.24, 2.45) is 11.8 Å². The largest absolute Gasteiger partial charge is 0.314 e. The van der Waals surface area contributed by atoms with Crippen LogP contribution in [0.25, 0.3) is 0 Å². The Morgan fingerprint density at radius 3 is 2.73 bits per heavy atom. The lowest BCUT2D eigenvalue weighted by atomic mass is 9.77. The van der Waals surface area contributed by atoms with E-state index in [9.17, 15) is 0 Å². The molecule has 0 radical (unpaired) electrons. The molecule has 1 rings (SSSR count). The maximum absolute atomic E-state index is 4.05. The second-order valence-corrected chi connectivity index (χ2v) is 5.36. The average Bonchev–Trinajstić information content (AvgIpc) is 2.16. The molecule has 0 spiro atoms. The van der Waals surface area contributed by atoms with Crippen molar-refractivity contribution in [3.05, 3.63) is 12.2 Å². The summed E-state index contributed by atoms with van der Waals surface area (Å²) in [7, 11) is 0. The van der Waals surface area contributed by atoms with E-state index in [0.717, 1.165) is 24.8 Å². The fourth-order valence-corrected chi connectivity index (χ4v) is 2.89. The fraction of sp³-hybridized carbons (Fsp3) is 0.857. The molecule has 1 aliphatic rings. The van der Waals surface area contributed by atoms with E-state index >= 15 is 0 Å². The molecule has 88 valence electrons. The van der Waals surface area contributed by atoms with Gasteiger partial charge < -0.3 is 5.32 Å². The number of hydrogen-bond acceptors (Lipinski definition) is 1. The summed E-state index contributed by atoms with van der Waals surface area (Å²) >= 11 is 0. The van der Waals surface area contributed by atoms with Gasteiger partial charge in [-0.05, 0) is 44.6 Å². The monoisotopic (exact) mass is 209 g/mol. The molecule has 1 N–H and O–H groups in total. The molecule has 0 aliphatic heterocycles. The Morgan fingerprint density at radius 2 is 2.20 bits per heavy atom. The van der Waals surface area contributed by atoms with E-state index in [1.807, 2.05) is 0 Å². The first-order valence-corrected chi connectivity index (χ1v) is 6.51. The minimum absolute atomic E-state index is 0.676. The predicted molar refractivity (Wildman–Crippen MR) is 68.0 cm³/mol. The van der Waals surface area contributed by atoms with Crippen molar-refractivity contribution in [3.63, 3.8) is 0 Å². The van der Waals surface area contributed by atoms with Crippen molar-refractivity contribution in [1.82, 2.24) is 5.32 Å². The minimum Gasteiger partial charge on any atom is -0.314 e. The van der Waals surface area contributed by atoms with Crippen LogP contribution in [0.3, 0.4) is 0 Å². The number of nitrogens with one attached hydrogen (secondary N) is 1. The first-order valence-electron chi connectivity index (χ1n) is 6.51. The third-order valence-corrected chi connectivity index (χ3v) is 3.58. The summed E-state index contributed by atoms with van der Waals surface area (Å²) in [4.78, 5) is 0. The van der Waals surface area contributed by atoms with Gasteiger partial charge in [0.05, 0.1) is 0 Å². The van der Waals surface area contributed by atoms with Gasteiger partial charge in [-0.3, -0.25) is 0 Å². The Bertz CT molecular complexity index is 198. The molecule has 0 saturated heterocycles. The molecular weight excluding hydrogens is 182 g/mol. The first kappa shape index (κ1) is 12.8. The van der Waals surface area contributed by atoms with Crippen molar-refractivity contribution in [2.75, 3.05) is 6.54 Å². The predicted octanol–water partition coefficient (Wildman–Crippen LogP) is 3.76. The second-order valence-electron chi connectivity index (χ2n) is 5.36. The zero-order valence-corrected chi connectivity index (χ0v) is 10.7. The van der Waals surface area contributed by atoms with Gasteiger partial charge in [0.15, 0.2) is 0 Å². The van der Waals surface area contributed by atoms with Gasteiger partial charge in [-0.15, -0.1) is 6.58 Å². The van der Waals surface area contributed by atoms with E-state index in [-0.39, 0.29) is 0 Å². The van der Waals surface area contributed by atoms with Crippen LogP contribution in [0.2, 0.25) is 0 Å². The lowest BCUT2D eigenvalue weighted by Crippen LogP contribution is -2.38. The Morgan fingerprint density at radius 1 is 1.47 bits per heavy atom. The van der Waals surface area contributed by atoms with Crippen molar-refractivity contribution in [2.45, 2.75) is 58.9 Å². The van der Waals surface area contributed by atoms with Gasteiger partial charge in [-0.25, -0.2) is 0 Å². The topological polar surface area (TPSA) is 12.0 Å². The molecule has 0 aromatic heterocycles. The second kappa shape index (κ2) is 6.32. The van der Waals surface area contributed by atoms with Crippen LogP contribution in [0.1, 0.15) is 52.9 Å². The molecule has 3 unspecified atom stereocenters. The Kier molecular flexibility index (Phi) is 5.38. The van der Waals surface area contributed by atoms with Crippen LogP contribution in [0.4, 0.5) is 0 Å². The van der Waals surface area contributed by atoms with E-state index in [1.165, 1.54) is 31.3 Å². The number of rotatable bonds is 5. The van der Waals surface area contributed by atoms with E-state index in [2.05, 4.69) is 32.7 Å². The molecule has 0 heterocycles. The smallest absolute Gasteiger partial charge is 0.0132 e. The molecule has 1 aliphatic carbocycles. The van der Waals surface area contributed by atoms with E-state index < -0.39 is 0 Å².